The number of nitrogens with zero attached hydrogens (tertiary/aromatic N) is 2. The Labute approximate surface area is 179 Å². The standard InChI is InChI=1S/C19H34N4O3S.ClH/c1-20-18(25)23-17(15-7-12-21-13-8-15)27-14-22(23)19(9-4-3-5-10-19)11-6-16(24)26-2;/h15,17,21H,3-14H2,1-2H3,(H,20,25);1H. The largest absolute Gasteiger partial charge is 0.469 e. The van der Waals surface area contributed by atoms with Gasteiger partial charge in [-0.2, -0.15) is 5.01 Å². The summed E-state index contributed by atoms with van der Waals surface area (Å²) in [6.45, 7) is 2.05. The van der Waals surface area contributed by atoms with Gasteiger partial charge in [0.05, 0.1) is 18.4 Å². The molecule has 9 heteroatoms. The lowest BCUT2D eigenvalue weighted by Crippen LogP contribution is -2.61. The molecule has 3 rings (SSSR count). The van der Waals surface area contributed by atoms with Gasteiger partial charge in [0, 0.05) is 19.0 Å². The van der Waals surface area contributed by atoms with E-state index in [9.17, 15) is 9.59 Å². The molecule has 28 heavy (non-hydrogen) atoms. The first-order valence-electron chi connectivity index (χ1n) is 10.3. The van der Waals surface area contributed by atoms with Gasteiger partial charge in [0.25, 0.3) is 0 Å². The van der Waals surface area contributed by atoms with Crippen LogP contribution in [0.3, 0.4) is 0 Å². The summed E-state index contributed by atoms with van der Waals surface area (Å²) in [5, 5.41) is 10.8. The number of carbonyl (C=O) groups is 2. The van der Waals surface area contributed by atoms with E-state index >= 15 is 0 Å². The van der Waals surface area contributed by atoms with Crippen LogP contribution in [-0.2, 0) is 9.53 Å². The molecular formula is C19H35ClN4O3S. The van der Waals surface area contributed by atoms with Gasteiger partial charge in [0.15, 0.2) is 0 Å². The van der Waals surface area contributed by atoms with Crippen LogP contribution in [0.5, 0.6) is 0 Å². The van der Waals surface area contributed by atoms with Crippen molar-refractivity contribution in [3.8, 4) is 0 Å². The number of nitrogens with one attached hydrogen (secondary N) is 2. The average Bonchev–Trinajstić information content (AvgIpc) is 3.18. The lowest BCUT2D eigenvalue weighted by atomic mass is 9.78. The number of methoxy groups -OCH3 is 1. The molecular weight excluding hydrogens is 400 g/mol. The number of ether oxygens (including phenoxy) is 1. The average molecular weight is 435 g/mol. The third-order valence-electron chi connectivity index (χ3n) is 6.43. The first-order chi connectivity index (χ1) is 13.1. The molecule has 3 aliphatic rings. The number of halogens is 1. The number of amides is 2. The van der Waals surface area contributed by atoms with E-state index in [2.05, 4.69) is 15.6 Å². The molecule has 0 aromatic heterocycles. The van der Waals surface area contributed by atoms with Gasteiger partial charge in [-0.25, -0.2) is 9.80 Å². The number of urea groups is 1. The molecule has 2 N–H and O–H groups in total. The zero-order chi connectivity index (χ0) is 19.3. The molecule has 2 saturated heterocycles. The van der Waals surface area contributed by atoms with E-state index in [0.29, 0.717) is 12.3 Å². The Balaban J connectivity index is 0.00000280. The van der Waals surface area contributed by atoms with Gasteiger partial charge in [-0.1, -0.05) is 19.3 Å². The second-order valence-corrected chi connectivity index (χ2v) is 9.01. The molecule has 2 amide bonds. The number of esters is 1. The van der Waals surface area contributed by atoms with Crippen molar-refractivity contribution in [1.29, 1.82) is 0 Å². The smallest absolute Gasteiger partial charge is 0.332 e. The summed E-state index contributed by atoms with van der Waals surface area (Å²) in [6, 6.07) is -0.0217. The summed E-state index contributed by atoms with van der Waals surface area (Å²) in [6.07, 6.45) is 9.00. The number of piperidine rings is 1. The summed E-state index contributed by atoms with van der Waals surface area (Å²) < 4.78 is 4.90. The Bertz CT molecular complexity index is 527. The lowest BCUT2D eigenvalue weighted by molar-refractivity contribution is -0.143. The fourth-order valence-corrected chi connectivity index (χ4v) is 6.46. The maximum atomic E-state index is 12.9. The molecule has 3 fully saturated rings. The monoisotopic (exact) mass is 434 g/mol. The highest BCUT2D eigenvalue weighted by Gasteiger charge is 2.50. The van der Waals surface area contributed by atoms with E-state index < -0.39 is 0 Å². The van der Waals surface area contributed by atoms with Crippen molar-refractivity contribution in [1.82, 2.24) is 20.7 Å². The van der Waals surface area contributed by atoms with Crippen LogP contribution >= 0.6 is 24.2 Å². The number of carbonyl (C=O) groups excluding carboxylic acids is 2. The molecule has 0 radical (unpaired) electrons. The highest BCUT2D eigenvalue weighted by atomic mass is 35.5. The van der Waals surface area contributed by atoms with Gasteiger partial charge in [-0.3, -0.25) is 4.79 Å². The van der Waals surface area contributed by atoms with Crippen molar-refractivity contribution in [2.75, 3.05) is 33.1 Å². The Morgan fingerprint density at radius 1 is 1.21 bits per heavy atom. The molecule has 1 atom stereocenters. The van der Waals surface area contributed by atoms with Gasteiger partial charge in [0.2, 0.25) is 0 Å². The minimum Gasteiger partial charge on any atom is -0.469 e. The Hall–Kier alpha value is -0.700. The van der Waals surface area contributed by atoms with Gasteiger partial charge < -0.3 is 15.4 Å². The van der Waals surface area contributed by atoms with Crippen LogP contribution in [-0.4, -0.2) is 66.1 Å². The summed E-state index contributed by atoms with van der Waals surface area (Å²) >= 11 is 1.89. The van der Waals surface area contributed by atoms with Gasteiger partial charge in [-0.05, 0) is 51.1 Å². The van der Waals surface area contributed by atoms with E-state index in [1.54, 1.807) is 7.05 Å². The van der Waals surface area contributed by atoms with Crippen LogP contribution in [0.4, 0.5) is 4.79 Å². The van der Waals surface area contributed by atoms with Crippen molar-refractivity contribution in [3.05, 3.63) is 0 Å². The molecule has 0 spiro atoms. The Kier molecular flexibility index (Phi) is 9.18. The summed E-state index contributed by atoms with van der Waals surface area (Å²) in [5.41, 5.74) is -0.117. The van der Waals surface area contributed by atoms with Crippen LogP contribution in [0.2, 0.25) is 0 Å². The Morgan fingerprint density at radius 2 is 1.89 bits per heavy atom. The topological polar surface area (TPSA) is 73.9 Å². The summed E-state index contributed by atoms with van der Waals surface area (Å²) in [5.74, 6) is 1.18. The predicted octanol–water partition coefficient (Wildman–Crippen LogP) is 2.95. The first kappa shape index (κ1) is 23.6. The number of thioether (sulfide) groups is 1. The van der Waals surface area contributed by atoms with Crippen molar-refractivity contribution >= 4 is 36.2 Å². The number of hydrazine groups is 1. The number of rotatable bonds is 5. The highest BCUT2D eigenvalue weighted by molar-refractivity contribution is 8.00. The third-order valence-corrected chi connectivity index (χ3v) is 7.75. The maximum absolute atomic E-state index is 12.9. The predicted molar refractivity (Wildman–Crippen MR) is 114 cm³/mol. The molecule has 2 heterocycles. The summed E-state index contributed by atoms with van der Waals surface area (Å²) in [7, 11) is 3.16. The van der Waals surface area contributed by atoms with Crippen LogP contribution in [0.25, 0.3) is 0 Å². The lowest BCUT2D eigenvalue weighted by Gasteiger charge is -2.49. The zero-order valence-corrected chi connectivity index (χ0v) is 18.7. The zero-order valence-electron chi connectivity index (χ0n) is 17.1. The van der Waals surface area contributed by atoms with E-state index in [0.717, 1.165) is 63.9 Å². The molecule has 7 nitrogen and oxygen atoms in total. The van der Waals surface area contributed by atoms with Crippen LogP contribution in [0.15, 0.2) is 0 Å². The minimum atomic E-state index is -0.159. The van der Waals surface area contributed by atoms with Gasteiger partial charge in [0.1, 0.15) is 0 Å². The fourth-order valence-electron chi connectivity index (χ4n) is 4.87. The fraction of sp³-hybridized carbons (Fsp3) is 0.895. The maximum Gasteiger partial charge on any atom is 0.332 e. The molecule has 1 aliphatic carbocycles. The quantitative estimate of drug-likeness (QED) is 0.648. The summed E-state index contributed by atoms with van der Waals surface area (Å²) in [4.78, 5) is 24.8. The van der Waals surface area contributed by atoms with Crippen molar-refractivity contribution in [2.45, 2.75) is 68.7 Å². The molecule has 0 aromatic rings. The molecule has 162 valence electrons. The second kappa shape index (κ2) is 10.9. The number of hydrogen-bond donors (Lipinski definition) is 2. The van der Waals surface area contributed by atoms with Crippen molar-refractivity contribution < 1.29 is 14.3 Å². The SMILES string of the molecule is CNC(=O)N1C(C2CCNCC2)SCN1C1(CCC(=O)OC)CCCCC1.Cl. The molecule has 0 bridgehead atoms. The Morgan fingerprint density at radius 3 is 2.50 bits per heavy atom. The van der Waals surface area contributed by atoms with E-state index in [4.69, 9.17) is 4.74 Å². The number of hydrogen-bond acceptors (Lipinski definition) is 6. The first-order valence-corrected chi connectivity index (χ1v) is 11.3. The second-order valence-electron chi connectivity index (χ2n) is 7.93. The minimum absolute atomic E-state index is 0. The molecule has 1 unspecified atom stereocenters. The third kappa shape index (κ3) is 5.07. The normalized spacial score (nSPS) is 25.8. The van der Waals surface area contributed by atoms with Crippen molar-refractivity contribution in [2.24, 2.45) is 5.92 Å². The molecule has 2 aliphatic heterocycles. The molecule has 0 aromatic carbocycles. The van der Waals surface area contributed by atoms with Crippen molar-refractivity contribution in [3.63, 3.8) is 0 Å². The molecule has 1 saturated carbocycles. The van der Waals surface area contributed by atoms with E-state index in [1.165, 1.54) is 13.5 Å². The van der Waals surface area contributed by atoms with Crippen LogP contribution in [0, 0.1) is 5.92 Å². The van der Waals surface area contributed by atoms with Gasteiger partial charge >= 0.3 is 12.0 Å². The van der Waals surface area contributed by atoms with E-state index in [-0.39, 0.29) is 35.3 Å². The van der Waals surface area contributed by atoms with Gasteiger partial charge in [-0.15, -0.1) is 24.2 Å². The van der Waals surface area contributed by atoms with E-state index in [1.807, 2.05) is 16.8 Å². The highest BCUT2D eigenvalue weighted by Crippen LogP contribution is 2.46. The van der Waals surface area contributed by atoms with Crippen LogP contribution in [0.1, 0.15) is 57.8 Å². The van der Waals surface area contributed by atoms with Crippen LogP contribution < -0.4 is 10.6 Å².